The molecule has 7 heteroatoms. The molecule has 1 rings (SSSR count). The zero-order valence-corrected chi connectivity index (χ0v) is 11.3. The Balaban J connectivity index is 2.56. The molecular formula is C12H18F3N3O. The van der Waals surface area contributed by atoms with Gasteiger partial charge in [0.15, 0.2) is 0 Å². The van der Waals surface area contributed by atoms with Gasteiger partial charge >= 0.3 is 6.18 Å². The topological polar surface area (TPSA) is 47.0 Å². The van der Waals surface area contributed by atoms with Gasteiger partial charge in [-0.05, 0) is 20.9 Å². The molecule has 0 unspecified atom stereocenters. The molecule has 0 saturated heterocycles. The van der Waals surface area contributed by atoms with Crippen molar-refractivity contribution >= 4 is 0 Å². The Morgan fingerprint density at radius 2 is 1.74 bits per heavy atom. The second-order valence-electron chi connectivity index (χ2n) is 4.24. The summed E-state index contributed by atoms with van der Waals surface area (Å²) in [5, 5.41) is 3.02. The lowest BCUT2D eigenvalue weighted by molar-refractivity contribution is -0.173. The average molecular weight is 277 g/mol. The third-order valence-corrected chi connectivity index (χ3v) is 2.56. The zero-order chi connectivity index (χ0) is 14.5. The maximum atomic E-state index is 11.9. The summed E-state index contributed by atoms with van der Waals surface area (Å²) in [7, 11) is 1.83. The van der Waals surface area contributed by atoms with Crippen molar-refractivity contribution in [3.05, 3.63) is 22.8 Å². The van der Waals surface area contributed by atoms with Crippen molar-refractivity contribution < 1.29 is 17.9 Å². The van der Waals surface area contributed by atoms with Crippen LogP contribution in [-0.4, -0.2) is 36.4 Å². The summed E-state index contributed by atoms with van der Waals surface area (Å²) in [5.74, 6) is 0.511. The SMILES string of the molecule is CNCc1c(C)nc(CCOCC(F)(F)F)nc1C. The Labute approximate surface area is 110 Å². The van der Waals surface area contributed by atoms with Gasteiger partial charge in [-0.15, -0.1) is 0 Å². The fourth-order valence-electron chi connectivity index (χ4n) is 1.70. The van der Waals surface area contributed by atoms with Crippen molar-refractivity contribution in [1.29, 1.82) is 0 Å². The fourth-order valence-corrected chi connectivity index (χ4v) is 1.70. The molecule has 0 radical (unpaired) electrons. The quantitative estimate of drug-likeness (QED) is 0.807. The predicted octanol–water partition coefficient (Wildman–Crippen LogP) is 1.93. The first-order valence-corrected chi connectivity index (χ1v) is 5.95. The average Bonchev–Trinajstić information content (AvgIpc) is 2.28. The smallest absolute Gasteiger partial charge is 0.372 e. The maximum absolute atomic E-state index is 11.9. The molecule has 0 amide bonds. The Kier molecular flexibility index (Phi) is 5.68. The summed E-state index contributed by atoms with van der Waals surface area (Å²) in [6, 6.07) is 0. The van der Waals surface area contributed by atoms with Gasteiger partial charge in [-0.25, -0.2) is 9.97 Å². The van der Waals surface area contributed by atoms with Crippen LogP contribution in [0.4, 0.5) is 13.2 Å². The van der Waals surface area contributed by atoms with Gasteiger partial charge in [0.2, 0.25) is 0 Å². The molecule has 0 aliphatic rings. The molecule has 0 spiro atoms. The van der Waals surface area contributed by atoms with E-state index in [9.17, 15) is 13.2 Å². The molecule has 0 aliphatic heterocycles. The number of halogens is 3. The second kappa shape index (κ2) is 6.81. The van der Waals surface area contributed by atoms with Gasteiger partial charge in [0.05, 0.1) is 6.61 Å². The van der Waals surface area contributed by atoms with Crippen LogP contribution in [-0.2, 0) is 17.7 Å². The van der Waals surface area contributed by atoms with Crippen LogP contribution in [0.1, 0.15) is 22.8 Å². The lowest BCUT2D eigenvalue weighted by Gasteiger charge is -2.11. The first kappa shape index (κ1) is 15.8. The van der Waals surface area contributed by atoms with Crippen LogP contribution < -0.4 is 5.32 Å². The molecule has 0 aromatic carbocycles. The van der Waals surface area contributed by atoms with E-state index in [1.165, 1.54) is 0 Å². The van der Waals surface area contributed by atoms with Crippen LogP contribution in [0, 0.1) is 13.8 Å². The van der Waals surface area contributed by atoms with Crippen molar-refractivity contribution in [2.24, 2.45) is 0 Å². The molecule has 0 saturated carbocycles. The zero-order valence-electron chi connectivity index (χ0n) is 11.3. The van der Waals surface area contributed by atoms with Crippen molar-refractivity contribution in [3.8, 4) is 0 Å². The Bertz CT molecular complexity index is 398. The molecule has 1 aromatic rings. The van der Waals surface area contributed by atoms with Gasteiger partial charge in [0, 0.05) is 29.9 Å². The number of ether oxygens (including phenoxy) is 1. The Morgan fingerprint density at radius 1 is 1.16 bits per heavy atom. The highest BCUT2D eigenvalue weighted by Crippen LogP contribution is 2.15. The Morgan fingerprint density at radius 3 is 2.21 bits per heavy atom. The number of alkyl halides is 3. The van der Waals surface area contributed by atoms with Crippen LogP contribution in [0.5, 0.6) is 0 Å². The molecule has 1 N–H and O–H groups in total. The van der Waals surface area contributed by atoms with Crippen LogP contribution in [0.15, 0.2) is 0 Å². The highest BCUT2D eigenvalue weighted by Gasteiger charge is 2.27. The van der Waals surface area contributed by atoms with Crippen LogP contribution in [0.3, 0.4) is 0 Å². The highest BCUT2D eigenvalue weighted by atomic mass is 19.4. The summed E-state index contributed by atoms with van der Waals surface area (Å²) in [4.78, 5) is 8.55. The Hall–Kier alpha value is -1.21. The lowest BCUT2D eigenvalue weighted by Crippen LogP contribution is -2.19. The third kappa shape index (κ3) is 5.52. The van der Waals surface area contributed by atoms with Gasteiger partial charge in [-0.2, -0.15) is 13.2 Å². The number of nitrogens with zero attached hydrogens (tertiary/aromatic N) is 2. The van der Waals surface area contributed by atoms with Crippen LogP contribution in [0.2, 0.25) is 0 Å². The number of aryl methyl sites for hydroxylation is 2. The molecule has 19 heavy (non-hydrogen) atoms. The molecule has 0 atom stereocenters. The maximum Gasteiger partial charge on any atom is 0.411 e. The lowest BCUT2D eigenvalue weighted by atomic mass is 10.1. The van der Waals surface area contributed by atoms with Gasteiger partial charge < -0.3 is 10.1 Å². The number of aromatic nitrogens is 2. The van der Waals surface area contributed by atoms with E-state index in [0.29, 0.717) is 12.4 Å². The molecule has 4 nitrogen and oxygen atoms in total. The van der Waals surface area contributed by atoms with E-state index in [-0.39, 0.29) is 13.0 Å². The van der Waals surface area contributed by atoms with Gasteiger partial charge in [-0.3, -0.25) is 0 Å². The van der Waals surface area contributed by atoms with E-state index in [2.05, 4.69) is 20.0 Å². The van der Waals surface area contributed by atoms with E-state index in [4.69, 9.17) is 0 Å². The fraction of sp³-hybridized carbons (Fsp3) is 0.667. The highest BCUT2D eigenvalue weighted by molar-refractivity contribution is 5.24. The van der Waals surface area contributed by atoms with Crippen molar-refractivity contribution in [2.45, 2.75) is 33.0 Å². The number of hydrogen-bond donors (Lipinski definition) is 1. The summed E-state index contributed by atoms with van der Waals surface area (Å²) >= 11 is 0. The summed E-state index contributed by atoms with van der Waals surface area (Å²) in [6.07, 6.45) is -4.01. The second-order valence-corrected chi connectivity index (χ2v) is 4.24. The van der Waals surface area contributed by atoms with Crippen molar-refractivity contribution in [3.63, 3.8) is 0 Å². The van der Waals surface area contributed by atoms with Crippen LogP contribution in [0.25, 0.3) is 0 Å². The van der Waals surface area contributed by atoms with E-state index in [1.807, 2.05) is 20.9 Å². The van der Waals surface area contributed by atoms with Crippen LogP contribution >= 0.6 is 0 Å². The van der Waals surface area contributed by atoms with Gasteiger partial charge in [0.1, 0.15) is 12.4 Å². The van der Waals surface area contributed by atoms with Gasteiger partial charge in [0.25, 0.3) is 0 Å². The predicted molar refractivity (Wildman–Crippen MR) is 64.8 cm³/mol. The van der Waals surface area contributed by atoms with Crippen molar-refractivity contribution in [2.75, 3.05) is 20.3 Å². The first-order valence-electron chi connectivity index (χ1n) is 5.95. The van der Waals surface area contributed by atoms with E-state index < -0.39 is 12.8 Å². The van der Waals surface area contributed by atoms with E-state index in [1.54, 1.807) is 0 Å². The summed E-state index contributed by atoms with van der Waals surface area (Å²) < 4.78 is 40.2. The number of nitrogens with one attached hydrogen (secondary N) is 1. The van der Waals surface area contributed by atoms with Gasteiger partial charge in [-0.1, -0.05) is 0 Å². The number of hydrogen-bond acceptors (Lipinski definition) is 4. The summed E-state index contributed by atoms with van der Waals surface area (Å²) in [6.45, 7) is 3.12. The molecule has 1 heterocycles. The molecule has 1 aromatic heterocycles. The molecule has 0 aliphatic carbocycles. The normalized spacial score (nSPS) is 11.9. The molecular weight excluding hydrogens is 259 g/mol. The third-order valence-electron chi connectivity index (χ3n) is 2.56. The standard InChI is InChI=1S/C12H18F3N3O/c1-8-10(6-16-3)9(2)18-11(17-8)4-5-19-7-12(13,14)15/h16H,4-7H2,1-3H3. The minimum Gasteiger partial charge on any atom is -0.372 e. The monoisotopic (exact) mass is 277 g/mol. The van der Waals surface area contributed by atoms with Crippen molar-refractivity contribution in [1.82, 2.24) is 15.3 Å². The molecule has 0 fully saturated rings. The van der Waals surface area contributed by atoms with E-state index in [0.717, 1.165) is 17.0 Å². The first-order chi connectivity index (χ1) is 8.83. The molecule has 0 bridgehead atoms. The molecule has 108 valence electrons. The number of rotatable bonds is 6. The van der Waals surface area contributed by atoms with E-state index >= 15 is 0 Å². The minimum atomic E-state index is -4.29. The minimum absolute atomic E-state index is 0.0379. The summed E-state index contributed by atoms with van der Waals surface area (Å²) in [5.41, 5.74) is 2.70. The largest absolute Gasteiger partial charge is 0.411 e.